The van der Waals surface area contributed by atoms with Gasteiger partial charge in [-0.15, -0.1) is 0 Å². The average molecular weight is 425 g/mol. The fourth-order valence-corrected chi connectivity index (χ4v) is 3.99. The van der Waals surface area contributed by atoms with E-state index in [0.717, 1.165) is 22.6 Å². The predicted octanol–water partition coefficient (Wildman–Crippen LogP) is 1.75. The van der Waals surface area contributed by atoms with E-state index in [4.69, 9.17) is 10.6 Å². The Balaban J connectivity index is 1.85. The molecular formula is C24H32N4O3. The lowest BCUT2D eigenvalue weighted by atomic mass is 9.90. The van der Waals surface area contributed by atoms with Crippen molar-refractivity contribution in [1.29, 1.82) is 0 Å². The third-order valence-corrected chi connectivity index (χ3v) is 5.89. The number of benzene rings is 2. The maximum atomic E-state index is 13.5. The summed E-state index contributed by atoms with van der Waals surface area (Å²) in [7, 11) is 2.97. The van der Waals surface area contributed by atoms with Crippen LogP contribution in [-0.4, -0.2) is 67.7 Å². The van der Waals surface area contributed by atoms with E-state index in [1.54, 1.807) is 7.05 Å². The topological polar surface area (TPSA) is 87.9 Å². The molecule has 0 aliphatic carbocycles. The number of carbonyl (C=O) groups excluding carboxylic acids is 2. The molecule has 1 fully saturated rings. The van der Waals surface area contributed by atoms with Gasteiger partial charge in [0, 0.05) is 38.6 Å². The summed E-state index contributed by atoms with van der Waals surface area (Å²) in [5, 5.41) is 4.44. The Morgan fingerprint density at radius 3 is 2.26 bits per heavy atom. The highest BCUT2D eigenvalue weighted by atomic mass is 16.7. The largest absolute Gasteiger partial charge is 0.340 e. The maximum Gasteiger partial charge on any atom is 0.247 e. The van der Waals surface area contributed by atoms with Crippen molar-refractivity contribution in [2.75, 3.05) is 33.8 Å². The zero-order valence-corrected chi connectivity index (χ0v) is 18.2. The van der Waals surface area contributed by atoms with Crippen LogP contribution < -0.4 is 11.1 Å². The van der Waals surface area contributed by atoms with Gasteiger partial charge in [0.2, 0.25) is 11.8 Å². The minimum absolute atomic E-state index is 0.0218. The number of nitrogens with one attached hydrogen (secondary N) is 1. The molecule has 0 saturated carbocycles. The Bertz CT molecular complexity index is 807. The molecule has 1 aliphatic rings. The Kier molecular flexibility index (Phi) is 8.17. The van der Waals surface area contributed by atoms with Crippen LogP contribution in [0.4, 0.5) is 0 Å². The summed E-state index contributed by atoms with van der Waals surface area (Å²) in [6.07, 6.45) is 0.765. The summed E-state index contributed by atoms with van der Waals surface area (Å²) in [6, 6.07) is 19.8. The SMILES string of the molecule is CON(C)C(=O)C[C@@H]1N[C@H](CN)CCN(CC(c2ccccc2)c2ccccc2)C1=O. The smallest absolute Gasteiger partial charge is 0.247 e. The van der Waals surface area contributed by atoms with Gasteiger partial charge in [-0.3, -0.25) is 14.4 Å². The van der Waals surface area contributed by atoms with Crippen molar-refractivity contribution in [3.05, 3.63) is 71.8 Å². The third-order valence-electron chi connectivity index (χ3n) is 5.89. The van der Waals surface area contributed by atoms with Crippen molar-refractivity contribution >= 4 is 11.8 Å². The van der Waals surface area contributed by atoms with Gasteiger partial charge in [0.05, 0.1) is 19.6 Å². The molecule has 1 aliphatic heterocycles. The van der Waals surface area contributed by atoms with Crippen LogP contribution in [0.3, 0.4) is 0 Å². The van der Waals surface area contributed by atoms with Crippen molar-refractivity contribution in [3.8, 4) is 0 Å². The molecule has 0 aromatic heterocycles. The van der Waals surface area contributed by atoms with Gasteiger partial charge in [0.25, 0.3) is 0 Å². The number of hydroxylamine groups is 2. The Morgan fingerprint density at radius 2 is 1.74 bits per heavy atom. The number of rotatable bonds is 8. The normalized spacial score (nSPS) is 19.4. The van der Waals surface area contributed by atoms with E-state index in [1.807, 2.05) is 41.3 Å². The number of amides is 2. The van der Waals surface area contributed by atoms with Crippen LogP contribution >= 0.6 is 0 Å². The summed E-state index contributed by atoms with van der Waals surface area (Å²) < 4.78 is 0. The van der Waals surface area contributed by atoms with Crippen LogP contribution in [0.15, 0.2) is 60.7 Å². The Morgan fingerprint density at radius 1 is 1.16 bits per heavy atom. The van der Waals surface area contributed by atoms with E-state index in [9.17, 15) is 9.59 Å². The summed E-state index contributed by atoms with van der Waals surface area (Å²) in [5.41, 5.74) is 8.22. The van der Waals surface area contributed by atoms with Crippen LogP contribution in [0.1, 0.15) is 29.9 Å². The molecule has 0 unspecified atom stereocenters. The van der Waals surface area contributed by atoms with Crippen molar-refractivity contribution in [3.63, 3.8) is 0 Å². The minimum atomic E-state index is -0.631. The van der Waals surface area contributed by atoms with Crippen molar-refractivity contribution in [1.82, 2.24) is 15.3 Å². The average Bonchev–Trinajstić information content (AvgIpc) is 2.96. The van der Waals surface area contributed by atoms with Gasteiger partial charge in [0.15, 0.2) is 0 Å². The van der Waals surface area contributed by atoms with Gasteiger partial charge < -0.3 is 16.0 Å². The zero-order chi connectivity index (χ0) is 22.2. The monoisotopic (exact) mass is 424 g/mol. The van der Waals surface area contributed by atoms with E-state index in [1.165, 1.54) is 7.11 Å². The van der Waals surface area contributed by atoms with Crippen LogP contribution in [0.5, 0.6) is 0 Å². The second-order valence-corrected chi connectivity index (χ2v) is 7.88. The number of nitrogens with zero attached hydrogens (tertiary/aromatic N) is 2. The first kappa shape index (κ1) is 22.9. The summed E-state index contributed by atoms with van der Waals surface area (Å²) in [6.45, 7) is 1.54. The molecule has 1 heterocycles. The van der Waals surface area contributed by atoms with E-state index in [-0.39, 0.29) is 30.2 Å². The number of hydrogen-bond donors (Lipinski definition) is 2. The maximum absolute atomic E-state index is 13.5. The summed E-state index contributed by atoms with van der Waals surface area (Å²) >= 11 is 0. The van der Waals surface area contributed by atoms with E-state index >= 15 is 0 Å². The molecule has 1 saturated heterocycles. The predicted molar refractivity (Wildman–Crippen MR) is 120 cm³/mol. The van der Waals surface area contributed by atoms with E-state index < -0.39 is 6.04 Å². The number of nitrogens with two attached hydrogens (primary N) is 1. The van der Waals surface area contributed by atoms with E-state index in [0.29, 0.717) is 19.6 Å². The van der Waals surface area contributed by atoms with Crippen molar-refractivity contribution < 1.29 is 14.4 Å². The first-order valence-corrected chi connectivity index (χ1v) is 10.7. The molecule has 3 N–H and O–H groups in total. The van der Waals surface area contributed by atoms with Crippen molar-refractivity contribution in [2.24, 2.45) is 5.73 Å². The molecule has 166 valence electrons. The lowest BCUT2D eigenvalue weighted by molar-refractivity contribution is -0.170. The lowest BCUT2D eigenvalue weighted by Gasteiger charge is -2.29. The third kappa shape index (κ3) is 5.91. The molecule has 0 radical (unpaired) electrons. The fraction of sp³-hybridized carbons (Fsp3) is 0.417. The fourth-order valence-electron chi connectivity index (χ4n) is 3.99. The van der Waals surface area contributed by atoms with Crippen LogP contribution in [-0.2, 0) is 14.4 Å². The molecule has 0 spiro atoms. The molecule has 2 aromatic rings. The summed E-state index contributed by atoms with van der Waals surface area (Å²) in [5.74, 6) is -0.293. The number of carbonyl (C=O) groups is 2. The second-order valence-electron chi connectivity index (χ2n) is 7.88. The zero-order valence-electron chi connectivity index (χ0n) is 18.2. The lowest BCUT2D eigenvalue weighted by Crippen LogP contribution is -2.50. The quantitative estimate of drug-likeness (QED) is 0.631. The van der Waals surface area contributed by atoms with Crippen LogP contribution in [0.2, 0.25) is 0 Å². The Labute approximate surface area is 184 Å². The molecular weight excluding hydrogens is 392 g/mol. The number of hydrogen-bond acceptors (Lipinski definition) is 5. The van der Waals surface area contributed by atoms with Gasteiger partial charge in [-0.1, -0.05) is 60.7 Å². The first-order valence-electron chi connectivity index (χ1n) is 10.7. The minimum Gasteiger partial charge on any atom is -0.340 e. The standard InChI is InChI=1S/C24H32N4O3/c1-27(31-2)23(29)15-22-24(30)28(14-13-20(16-25)26-22)17-21(18-9-5-3-6-10-18)19-11-7-4-8-12-19/h3-12,20-22,26H,13-17,25H2,1-2H3/t20-,22-/m0/s1. The van der Waals surface area contributed by atoms with Gasteiger partial charge in [-0.2, -0.15) is 0 Å². The molecule has 31 heavy (non-hydrogen) atoms. The highest BCUT2D eigenvalue weighted by molar-refractivity contribution is 5.88. The molecule has 0 bridgehead atoms. The Hall–Kier alpha value is -2.74. The van der Waals surface area contributed by atoms with Gasteiger partial charge >= 0.3 is 0 Å². The van der Waals surface area contributed by atoms with Crippen molar-refractivity contribution in [2.45, 2.75) is 30.8 Å². The molecule has 7 heteroatoms. The molecule has 7 nitrogen and oxygen atoms in total. The molecule has 2 aromatic carbocycles. The highest BCUT2D eigenvalue weighted by Gasteiger charge is 2.34. The van der Waals surface area contributed by atoms with Gasteiger partial charge in [-0.25, -0.2) is 5.06 Å². The summed E-state index contributed by atoms with van der Waals surface area (Å²) in [4.78, 5) is 32.7. The van der Waals surface area contributed by atoms with Gasteiger partial charge in [-0.05, 0) is 17.5 Å². The molecule has 2 atom stereocenters. The van der Waals surface area contributed by atoms with Crippen LogP contribution in [0, 0.1) is 0 Å². The first-order chi connectivity index (χ1) is 15.0. The van der Waals surface area contributed by atoms with E-state index in [2.05, 4.69) is 29.6 Å². The van der Waals surface area contributed by atoms with Crippen LogP contribution in [0.25, 0.3) is 0 Å². The molecule has 2 amide bonds. The highest BCUT2D eigenvalue weighted by Crippen LogP contribution is 2.27. The second kappa shape index (κ2) is 11.0. The molecule has 3 rings (SSSR count). The van der Waals surface area contributed by atoms with Gasteiger partial charge in [0.1, 0.15) is 0 Å².